The van der Waals surface area contributed by atoms with Crippen LogP contribution in [0.5, 0.6) is 23.1 Å². The summed E-state index contributed by atoms with van der Waals surface area (Å²) in [4.78, 5) is 40.2. The first kappa shape index (κ1) is 24.4. The molecule has 0 bridgehead atoms. The van der Waals surface area contributed by atoms with Crippen LogP contribution in [0.15, 0.2) is 26.8 Å². The van der Waals surface area contributed by atoms with Gasteiger partial charge in [-0.3, -0.25) is 19.1 Å². The Bertz CT molecular complexity index is 1250. The van der Waals surface area contributed by atoms with Crippen LogP contribution < -0.4 is 25.5 Å². The van der Waals surface area contributed by atoms with E-state index < -0.39 is 23.2 Å². The molecule has 1 aromatic carbocycles. The van der Waals surface area contributed by atoms with Crippen LogP contribution in [0.4, 0.5) is 0 Å². The van der Waals surface area contributed by atoms with Crippen LogP contribution in [-0.2, 0) is 4.79 Å². The normalized spacial score (nSPS) is 18.3. The second kappa shape index (κ2) is 9.85. The number of carbonyl (C=O) groups excluding carboxylic acids is 1. The number of amides is 1. The van der Waals surface area contributed by atoms with Gasteiger partial charge < -0.3 is 19.3 Å². The minimum atomic E-state index is -0.743. The van der Waals surface area contributed by atoms with Gasteiger partial charge in [0.2, 0.25) is 17.5 Å². The van der Waals surface area contributed by atoms with Gasteiger partial charge in [0.15, 0.2) is 11.5 Å². The monoisotopic (exact) mass is 486 g/mol. The summed E-state index contributed by atoms with van der Waals surface area (Å²) in [6, 6.07) is 2.63. The quantitative estimate of drug-likeness (QED) is 0.640. The van der Waals surface area contributed by atoms with E-state index in [1.165, 1.54) is 37.8 Å². The Morgan fingerprint density at radius 1 is 1.06 bits per heavy atom. The number of carbonyl (C=O) groups is 1. The molecular weight excluding hydrogens is 456 g/mol. The van der Waals surface area contributed by atoms with Gasteiger partial charge in [-0.1, -0.05) is 19.3 Å². The molecule has 1 atom stereocenters. The molecule has 1 fully saturated rings. The third-order valence-corrected chi connectivity index (χ3v) is 6.65. The summed E-state index contributed by atoms with van der Waals surface area (Å²) in [5.74, 6) is 0.449. The number of rotatable bonds is 6. The fraction of sp³-hybridized carbons (Fsp3) is 0.500. The predicted octanol–water partition coefficient (Wildman–Crippen LogP) is 2.47. The first-order chi connectivity index (χ1) is 16.8. The number of ether oxygens (including phenoxy) is 3. The largest absolute Gasteiger partial charge is 0.494 e. The molecule has 2 N–H and O–H groups in total. The predicted molar refractivity (Wildman–Crippen MR) is 128 cm³/mol. The van der Waals surface area contributed by atoms with Crippen molar-refractivity contribution in [3.05, 3.63) is 44.1 Å². The Balaban J connectivity index is 1.79. The second-order valence-corrected chi connectivity index (χ2v) is 8.71. The fourth-order valence-corrected chi connectivity index (χ4v) is 4.98. The summed E-state index contributed by atoms with van der Waals surface area (Å²) in [5, 5.41) is 16.7. The molecule has 11 nitrogen and oxygen atoms in total. The maximum absolute atomic E-state index is 12.8. The van der Waals surface area contributed by atoms with E-state index in [2.05, 4.69) is 10.1 Å². The number of aromatic nitrogens is 2. The Labute approximate surface area is 201 Å². The number of nitrogens with zero attached hydrogens (tertiary/aromatic N) is 3. The molecule has 2 aromatic rings. The molecule has 0 saturated heterocycles. The molecule has 1 aromatic heterocycles. The number of aromatic amines is 1. The minimum Gasteiger partial charge on any atom is -0.494 e. The average Bonchev–Trinajstić information content (AvgIpc) is 3.28. The smallest absolute Gasteiger partial charge is 0.331 e. The van der Waals surface area contributed by atoms with Gasteiger partial charge in [0, 0.05) is 19.4 Å². The molecule has 35 heavy (non-hydrogen) atoms. The van der Waals surface area contributed by atoms with Crippen molar-refractivity contribution in [2.45, 2.75) is 57.5 Å². The SMILES string of the molecule is COc1cc([C@H]2CC(c3c(O)n(C4CCCCC4)c(=O)[nH]c3=O)=NN2C(C)=O)cc(OC)c1OC. The van der Waals surface area contributed by atoms with Gasteiger partial charge in [-0.05, 0) is 30.5 Å². The first-order valence-electron chi connectivity index (χ1n) is 11.6. The highest BCUT2D eigenvalue weighted by Gasteiger charge is 2.36. The maximum Gasteiger partial charge on any atom is 0.331 e. The second-order valence-electron chi connectivity index (χ2n) is 8.71. The summed E-state index contributed by atoms with van der Waals surface area (Å²) < 4.78 is 17.5. The molecular formula is C24H30N4O7. The highest BCUT2D eigenvalue weighted by atomic mass is 16.5. The van der Waals surface area contributed by atoms with E-state index in [-0.39, 0.29) is 29.6 Å². The van der Waals surface area contributed by atoms with E-state index in [0.717, 1.165) is 32.1 Å². The number of hydrogen-bond acceptors (Lipinski definition) is 8. The molecule has 1 aliphatic carbocycles. The molecule has 1 aliphatic heterocycles. The van der Waals surface area contributed by atoms with Crippen LogP contribution in [0.3, 0.4) is 0 Å². The minimum absolute atomic E-state index is 0.101. The summed E-state index contributed by atoms with van der Waals surface area (Å²) in [5.41, 5.74) is -0.637. The summed E-state index contributed by atoms with van der Waals surface area (Å²) >= 11 is 0. The van der Waals surface area contributed by atoms with E-state index in [1.807, 2.05) is 0 Å². The van der Waals surface area contributed by atoms with Crippen molar-refractivity contribution < 1.29 is 24.1 Å². The van der Waals surface area contributed by atoms with Gasteiger partial charge >= 0.3 is 5.69 Å². The molecule has 1 saturated carbocycles. The molecule has 0 unspecified atom stereocenters. The topological polar surface area (TPSA) is 135 Å². The van der Waals surface area contributed by atoms with Crippen molar-refractivity contribution in [1.82, 2.24) is 14.6 Å². The number of methoxy groups -OCH3 is 3. The highest BCUT2D eigenvalue weighted by molar-refractivity contribution is 6.04. The Morgan fingerprint density at radius 3 is 2.23 bits per heavy atom. The molecule has 188 valence electrons. The average molecular weight is 487 g/mol. The summed E-state index contributed by atoms with van der Waals surface area (Å²) in [6.45, 7) is 1.37. The van der Waals surface area contributed by atoms with Crippen LogP contribution in [-0.4, -0.2) is 52.6 Å². The van der Waals surface area contributed by atoms with Gasteiger partial charge in [0.1, 0.15) is 5.56 Å². The van der Waals surface area contributed by atoms with Crippen molar-refractivity contribution in [3.63, 3.8) is 0 Å². The van der Waals surface area contributed by atoms with Crippen LogP contribution in [0.25, 0.3) is 0 Å². The van der Waals surface area contributed by atoms with Gasteiger partial charge in [0.05, 0.1) is 33.1 Å². The molecule has 4 rings (SSSR count). The van der Waals surface area contributed by atoms with Gasteiger partial charge in [-0.2, -0.15) is 5.10 Å². The lowest BCUT2D eigenvalue weighted by Crippen LogP contribution is -2.36. The van der Waals surface area contributed by atoms with Crippen LogP contribution in [0, 0.1) is 0 Å². The number of nitrogens with one attached hydrogen (secondary N) is 1. The first-order valence-corrected chi connectivity index (χ1v) is 11.6. The van der Waals surface area contributed by atoms with Crippen LogP contribution >= 0.6 is 0 Å². The van der Waals surface area contributed by atoms with Crippen molar-refractivity contribution in [2.24, 2.45) is 5.10 Å². The molecule has 11 heteroatoms. The van der Waals surface area contributed by atoms with Crippen molar-refractivity contribution in [3.8, 4) is 23.1 Å². The zero-order valence-corrected chi connectivity index (χ0v) is 20.3. The van der Waals surface area contributed by atoms with Crippen LogP contribution in [0.2, 0.25) is 0 Å². The van der Waals surface area contributed by atoms with E-state index in [4.69, 9.17) is 14.2 Å². The van der Waals surface area contributed by atoms with Crippen LogP contribution in [0.1, 0.15) is 68.7 Å². The lowest BCUT2D eigenvalue weighted by atomic mass is 9.94. The van der Waals surface area contributed by atoms with E-state index in [0.29, 0.717) is 22.8 Å². The molecule has 1 amide bonds. The number of aromatic hydroxyl groups is 1. The molecule has 0 radical (unpaired) electrons. The Hall–Kier alpha value is -3.76. The lowest BCUT2D eigenvalue weighted by molar-refractivity contribution is -0.130. The Kier molecular flexibility index (Phi) is 6.86. The van der Waals surface area contributed by atoms with E-state index >= 15 is 0 Å². The summed E-state index contributed by atoms with van der Waals surface area (Å²) in [6.07, 6.45) is 4.55. The number of H-pyrrole nitrogens is 1. The van der Waals surface area contributed by atoms with Gasteiger partial charge in [0.25, 0.3) is 5.56 Å². The zero-order valence-electron chi connectivity index (χ0n) is 20.3. The van der Waals surface area contributed by atoms with Crippen molar-refractivity contribution in [1.29, 1.82) is 0 Å². The summed E-state index contributed by atoms with van der Waals surface area (Å²) in [7, 11) is 4.48. The Morgan fingerprint density at radius 2 is 1.69 bits per heavy atom. The third kappa shape index (κ3) is 4.38. The van der Waals surface area contributed by atoms with E-state index in [1.54, 1.807) is 12.1 Å². The fourth-order valence-electron chi connectivity index (χ4n) is 4.98. The van der Waals surface area contributed by atoms with E-state index in [9.17, 15) is 19.5 Å². The molecule has 0 spiro atoms. The number of hydrazone groups is 1. The molecule has 2 heterocycles. The van der Waals surface area contributed by atoms with Crippen molar-refractivity contribution in [2.75, 3.05) is 21.3 Å². The number of hydrogen-bond donors (Lipinski definition) is 2. The highest BCUT2D eigenvalue weighted by Crippen LogP contribution is 2.43. The maximum atomic E-state index is 12.8. The molecule has 2 aliphatic rings. The standard InChI is InChI=1S/C24H30N4O7/c1-13(29)28-17(14-10-18(33-2)21(35-4)19(11-14)34-3)12-16(26-28)20-22(30)25-24(32)27(23(20)31)15-8-6-5-7-9-15/h10-11,15,17,31H,5-9,12H2,1-4H3,(H,25,30,32)/t17-/m1/s1. The van der Waals surface area contributed by atoms with Crippen molar-refractivity contribution >= 4 is 11.6 Å². The zero-order chi connectivity index (χ0) is 25.3. The van der Waals surface area contributed by atoms with Gasteiger partial charge in [-0.25, -0.2) is 9.80 Å². The third-order valence-electron chi connectivity index (χ3n) is 6.65. The van der Waals surface area contributed by atoms with Gasteiger partial charge in [-0.15, -0.1) is 0 Å². The number of benzene rings is 1. The lowest BCUT2D eigenvalue weighted by Gasteiger charge is -2.25.